The van der Waals surface area contributed by atoms with Crippen LogP contribution < -0.4 is 5.32 Å². The number of nitro groups is 1. The highest BCUT2D eigenvalue weighted by Crippen LogP contribution is 2.32. The molecule has 0 fully saturated rings. The molecule has 0 aliphatic carbocycles. The predicted octanol–water partition coefficient (Wildman–Crippen LogP) is 3.77. The van der Waals surface area contributed by atoms with E-state index in [9.17, 15) is 19.7 Å². The van der Waals surface area contributed by atoms with Crippen molar-refractivity contribution >= 4 is 34.2 Å². The maximum absolute atomic E-state index is 12.6. The number of hydrogen-bond acceptors (Lipinski definition) is 6. The van der Waals surface area contributed by atoms with E-state index in [1.54, 1.807) is 31.2 Å². The summed E-state index contributed by atoms with van der Waals surface area (Å²) in [5.74, 6) is -1.63. The summed E-state index contributed by atoms with van der Waals surface area (Å²) in [5.41, 5.74) is 0.0312. The number of furan rings is 1. The molecule has 0 bridgehead atoms. The summed E-state index contributed by atoms with van der Waals surface area (Å²) < 4.78 is 10.5. The summed E-state index contributed by atoms with van der Waals surface area (Å²) in [6.45, 7) is 1.78. The number of nitro benzene ring substituents is 1. The van der Waals surface area contributed by atoms with Crippen molar-refractivity contribution in [1.29, 1.82) is 0 Å². The lowest BCUT2D eigenvalue weighted by molar-refractivity contribution is -0.385. The highest BCUT2D eigenvalue weighted by Gasteiger charge is 2.26. The van der Waals surface area contributed by atoms with E-state index in [2.05, 4.69) is 5.32 Å². The van der Waals surface area contributed by atoms with Crippen LogP contribution in [0.3, 0.4) is 0 Å². The number of rotatable bonds is 5. The Kier molecular flexibility index (Phi) is 4.66. The number of nitrogens with one attached hydrogen (secondary N) is 1. The van der Waals surface area contributed by atoms with Crippen LogP contribution in [0.5, 0.6) is 0 Å². The predicted molar refractivity (Wildman–Crippen MR) is 93.2 cm³/mol. The van der Waals surface area contributed by atoms with Gasteiger partial charge in [-0.15, -0.1) is 0 Å². The molecule has 1 amide bonds. The van der Waals surface area contributed by atoms with Gasteiger partial charge in [-0.3, -0.25) is 14.9 Å². The fourth-order valence-electron chi connectivity index (χ4n) is 2.52. The number of carbonyl (C=O) groups excluding carboxylic acids is 2. The molecule has 0 saturated heterocycles. The molecule has 1 heterocycles. The van der Waals surface area contributed by atoms with Crippen molar-refractivity contribution in [3.8, 4) is 0 Å². The second kappa shape index (κ2) is 7.06. The summed E-state index contributed by atoms with van der Waals surface area (Å²) in [5, 5.41) is 14.2. The molecule has 26 heavy (non-hydrogen) atoms. The number of nitrogens with zero attached hydrogens (tertiary/aromatic N) is 1. The second-order valence-corrected chi connectivity index (χ2v) is 5.25. The molecule has 8 heteroatoms. The van der Waals surface area contributed by atoms with E-state index in [4.69, 9.17) is 9.15 Å². The highest BCUT2D eigenvalue weighted by atomic mass is 16.6. The number of benzene rings is 2. The summed E-state index contributed by atoms with van der Waals surface area (Å²) in [6.07, 6.45) is 0. The van der Waals surface area contributed by atoms with E-state index in [1.807, 2.05) is 0 Å². The minimum absolute atomic E-state index is 0.113. The van der Waals surface area contributed by atoms with Gasteiger partial charge < -0.3 is 14.5 Å². The first-order valence-electron chi connectivity index (χ1n) is 7.76. The van der Waals surface area contributed by atoms with Crippen molar-refractivity contribution in [2.75, 3.05) is 11.9 Å². The van der Waals surface area contributed by atoms with E-state index in [-0.39, 0.29) is 29.3 Å². The number of para-hydroxylation sites is 2. The molecule has 3 rings (SSSR count). The molecule has 3 aromatic rings. The van der Waals surface area contributed by atoms with E-state index < -0.39 is 16.8 Å². The van der Waals surface area contributed by atoms with Gasteiger partial charge in [0.25, 0.3) is 11.6 Å². The number of amides is 1. The van der Waals surface area contributed by atoms with Crippen molar-refractivity contribution in [1.82, 2.24) is 0 Å². The Labute approximate surface area is 147 Å². The zero-order chi connectivity index (χ0) is 18.7. The molecule has 0 aliphatic rings. The topological polar surface area (TPSA) is 112 Å². The quantitative estimate of drug-likeness (QED) is 0.424. The van der Waals surface area contributed by atoms with E-state index in [1.165, 1.54) is 24.3 Å². The monoisotopic (exact) mass is 354 g/mol. The Morgan fingerprint density at radius 3 is 2.58 bits per heavy atom. The molecule has 8 nitrogen and oxygen atoms in total. The lowest BCUT2D eigenvalue weighted by atomic mass is 10.1. The van der Waals surface area contributed by atoms with Crippen LogP contribution in [0.1, 0.15) is 27.8 Å². The molecule has 1 aromatic heterocycles. The summed E-state index contributed by atoms with van der Waals surface area (Å²) in [4.78, 5) is 35.2. The first-order chi connectivity index (χ1) is 12.5. The van der Waals surface area contributed by atoms with Crippen molar-refractivity contribution in [2.45, 2.75) is 6.92 Å². The van der Waals surface area contributed by atoms with Crippen LogP contribution in [-0.4, -0.2) is 23.4 Å². The number of hydrogen-bond donors (Lipinski definition) is 1. The molecule has 0 radical (unpaired) electrons. The fourth-order valence-corrected chi connectivity index (χ4v) is 2.52. The van der Waals surface area contributed by atoms with Gasteiger partial charge in [0.1, 0.15) is 16.8 Å². The van der Waals surface area contributed by atoms with Crippen LogP contribution >= 0.6 is 0 Å². The maximum Gasteiger partial charge on any atom is 0.376 e. The molecule has 0 spiro atoms. The van der Waals surface area contributed by atoms with Crippen LogP contribution in [0.15, 0.2) is 52.9 Å². The number of anilines is 1. The lowest BCUT2D eigenvalue weighted by Crippen LogP contribution is -2.16. The van der Waals surface area contributed by atoms with Crippen LogP contribution in [-0.2, 0) is 4.74 Å². The third kappa shape index (κ3) is 3.12. The molecule has 0 aliphatic heterocycles. The van der Waals surface area contributed by atoms with Crippen LogP contribution in [0.2, 0.25) is 0 Å². The van der Waals surface area contributed by atoms with Gasteiger partial charge in [0.2, 0.25) is 5.76 Å². The minimum Gasteiger partial charge on any atom is -0.460 e. The van der Waals surface area contributed by atoms with Crippen LogP contribution in [0.4, 0.5) is 11.4 Å². The largest absolute Gasteiger partial charge is 0.460 e. The second-order valence-electron chi connectivity index (χ2n) is 5.25. The van der Waals surface area contributed by atoms with Gasteiger partial charge in [-0.25, -0.2) is 4.79 Å². The Morgan fingerprint density at radius 2 is 1.85 bits per heavy atom. The van der Waals surface area contributed by atoms with Crippen molar-refractivity contribution in [3.05, 3.63) is 70.0 Å². The standard InChI is InChI=1S/C18H14N2O6/c1-2-25-18(22)16-15(12-8-4-6-10-14(12)26-16)19-17(21)11-7-3-5-9-13(11)20(23)24/h3-10H,2H2,1H3,(H,19,21). The molecular weight excluding hydrogens is 340 g/mol. The highest BCUT2D eigenvalue weighted by molar-refractivity contribution is 6.14. The lowest BCUT2D eigenvalue weighted by Gasteiger charge is -2.06. The minimum atomic E-state index is -0.735. The van der Waals surface area contributed by atoms with Gasteiger partial charge >= 0.3 is 5.97 Å². The van der Waals surface area contributed by atoms with Crippen LogP contribution in [0, 0.1) is 10.1 Å². The Balaban J connectivity index is 2.06. The zero-order valence-electron chi connectivity index (χ0n) is 13.7. The first-order valence-corrected chi connectivity index (χ1v) is 7.76. The Hall–Kier alpha value is -3.68. The number of ether oxygens (including phenoxy) is 1. The normalized spacial score (nSPS) is 10.5. The molecular formula is C18H14N2O6. The average Bonchev–Trinajstić information content (AvgIpc) is 3.00. The molecule has 0 atom stereocenters. The molecule has 0 unspecified atom stereocenters. The van der Waals surface area contributed by atoms with E-state index in [0.29, 0.717) is 11.0 Å². The third-order valence-corrected chi connectivity index (χ3v) is 3.64. The maximum atomic E-state index is 12.6. The van der Waals surface area contributed by atoms with E-state index >= 15 is 0 Å². The van der Waals surface area contributed by atoms with Gasteiger partial charge in [0.05, 0.1) is 11.5 Å². The first kappa shape index (κ1) is 17.2. The van der Waals surface area contributed by atoms with Gasteiger partial charge in [0.15, 0.2) is 0 Å². The zero-order valence-corrected chi connectivity index (χ0v) is 13.7. The van der Waals surface area contributed by atoms with Crippen molar-refractivity contribution < 1.29 is 23.7 Å². The van der Waals surface area contributed by atoms with E-state index in [0.717, 1.165) is 0 Å². The number of esters is 1. The van der Waals surface area contributed by atoms with Crippen molar-refractivity contribution in [3.63, 3.8) is 0 Å². The molecule has 2 aromatic carbocycles. The summed E-state index contributed by atoms with van der Waals surface area (Å²) >= 11 is 0. The van der Waals surface area contributed by atoms with Crippen LogP contribution in [0.25, 0.3) is 11.0 Å². The van der Waals surface area contributed by atoms with Gasteiger partial charge in [0, 0.05) is 11.5 Å². The third-order valence-electron chi connectivity index (χ3n) is 3.64. The fraction of sp³-hybridized carbons (Fsp3) is 0.111. The molecule has 0 saturated carbocycles. The molecule has 1 N–H and O–H groups in total. The van der Waals surface area contributed by atoms with Gasteiger partial charge in [-0.05, 0) is 25.1 Å². The van der Waals surface area contributed by atoms with Gasteiger partial charge in [-0.1, -0.05) is 24.3 Å². The average molecular weight is 354 g/mol. The van der Waals surface area contributed by atoms with Gasteiger partial charge in [-0.2, -0.15) is 0 Å². The summed E-state index contributed by atoms with van der Waals surface area (Å²) in [7, 11) is 0. The van der Waals surface area contributed by atoms with Crippen molar-refractivity contribution in [2.24, 2.45) is 0 Å². The summed E-state index contributed by atoms with van der Waals surface area (Å²) in [6, 6.07) is 12.3. The number of fused-ring (bicyclic) bond motifs is 1. The smallest absolute Gasteiger partial charge is 0.376 e. The molecule has 132 valence electrons. The SMILES string of the molecule is CCOC(=O)c1oc2ccccc2c1NC(=O)c1ccccc1[N+](=O)[O-]. The Bertz CT molecular complexity index is 1010. The Morgan fingerprint density at radius 1 is 1.15 bits per heavy atom. The number of carbonyl (C=O) groups is 2.